The van der Waals surface area contributed by atoms with E-state index in [1.54, 1.807) is 6.92 Å². The molecule has 102 valence electrons. The minimum atomic E-state index is -0.528. The third-order valence-electron chi connectivity index (χ3n) is 3.05. The van der Waals surface area contributed by atoms with Gasteiger partial charge in [0.25, 0.3) is 0 Å². The smallest absolute Gasteiger partial charge is 0.249 e. The molecule has 1 rings (SSSR count). The molecule has 0 saturated carbocycles. The molecule has 0 aromatic heterocycles. The first-order chi connectivity index (χ1) is 8.51. The van der Waals surface area contributed by atoms with Crippen LogP contribution in [0.5, 0.6) is 0 Å². The number of carbonyl (C=O) groups excluding carboxylic acids is 3. The molecule has 0 spiro atoms. The second kappa shape index (κ2) is 6.49. The molecule has 2 unspecified atom stereocenters. The van der Waals surface area contributed by atoms with Crippen molar-refractivity contribution in [1.29, 1.82) is 0 Å². The number of hydrogen-bond donors (Lipinski definition) is 2. The largest absolute Gasteiger partial charge is 0.321 e. The molecule has 1 aliphatic heterocycles. The molecule has 0 bridgehead atoms. The van der Waals surface area contributed by atoms with Gasteiger partial charge in [0.1, 0.15) is 12.6 Å². The van der Waals surface area contributed by atoms with Crippen LogP contribution in [0, 0.1) is 5.92 Å². The van der Waals surface area contributed by atoms with E-state index in [1.165, 1.54) is 4.90 Å². The summed E-state index contributed by atoms with van der Waals surface area (Å²) in [4.78, 5) is 36.6. The zero-order valence-corrected chi connectivity index (χ0v) is 11.2. The van der Waals surface area contributed by atoms with Gasteiger partial charge in [0.15, 0.2) is 0 Å². The average molecular weight is 255 g/mol. The van der Waals surface area contributed by atoms with Crippen LogP contribution >= 0.6 is 0 Å². The Morgan fingerprint density at radius 1 is 1.50 bits per heavy atom. The SMILES string of the molecule is CCNCC(C)C(=O)N1CC(=O)NC(=O)C1CC. The number of nitrogens with one attached hydrogen (secondary N) is 2. The van der Waals surface area contributed by atoms with Crippen molar-refractivity contribution >= 4 is 17.7 Å². The second-order valence-corrected chi connectivity index (χ2v) is 4.51. The first kappa shape index (κ1) is 14.6. The van der Waals surface area contributed by atoms with Gasteiger partial charge in [0.05, 0.1) is 0 Å². The molecule has 3 amide bonds. The Kier molecular flexibility index (Phi) is 5.27. The Hall–Kier alpha value is -1.43. The molecule has 0 aromatic carbocycles. The molecule has 0 aliphatic carbocycles. The van der Waals surface area contributed by atoms with E-state index in [9.17, 15) is 14.4 Å². The summed E-state index contributed by atoms with van der Waals surface area (Å²) < 4.78 is 0. The van der Waals surface area contributed by atoms with Gasteiger partial charge in [-0.3, -0.25) is 19.7 Å². The first-order valence-corrected chi connectivity index (χ1v) is 6.36. The molecule has 0 radical (unpaired) electrons. The van der Waals surface area contributed by atoms with Gasteiger partial charge in [0, 0.05) is 12.5 Å². The second-order valence-electron chi connectivity index (χ2n) is 4.51. The predicted octanol–water partition coefficient (Wildman–Crippen LogP) is -0.504. The molecule has 2 N–H and O–H groups in total. The van der Waals surface area contributed by atoms with Crippen LogP contribution in [0.4, 0.5) is 0 Å². The highest BCUT2D eigenvalue weighted by molar-refractivity contribution is 6.04. The monoisotopic (exact) mass is 255 g/mol. The van der Waals surface area contributed by atoms with E-state index >= 15 is 0 Å². The average Bonchev–Trinajstić information content (AvgIpc) is 2.34. The standard InChI is InChI=1S/C12H21N3O3/c1-4-9-11(17)14-10(16)7-15(9)12(18)8(3)6-13-5-2/h8-9,13H,4-7H2,1-3H3,(H,14,16,17). The topological polar surface area (TPSA) is 78.5 Å². The van der Waals surface area contributed by atoms with Crippen LogP contribution in [0.2, 0.25) is 0 Å². The van der Waals surface area contributed by atoms with Gasteiger partial charge in [-0.15, -0.1) is 0 Å². The number of hydrogen-bond acceptors (Lipinski definition) is 4. The van der Waals surface area contributed by atoms with Crippen LogP contribution in [0.1, 0.15) is 27.2 Å². The highest BCUT2D eigenvalue weighted by atomic mass is 16.2. The van der Waals surface area contributed by atoms with E-state index in [0.29, 0.717) is 13.0 Å². The minimum Gasteiger partial charge on any atom is -0.321 e. The summed E-state index contributed by atoms with van der Waals surface area (Å²) in [6.45, 7) is 6.90. The maximum atomic E-state index is 12.2. The van der Waals surface area contributed by atoms with Gasteiger partial charge in [-0.1, -0.05) is 20.8 Å². The zero-order chi connectivity index (χ0) is 13.7. The van der Waals surface area contributed by atoms with Gasteiger partial charge < -0.3 is 10.2 Å². The number of imide groups is 1. The van der Waals surface area contributed by atoms with Crippen LogP contribution in [0.15, 0.2) is 0 Å². The summed E-state index contributed by atoms with van der Waals surface area (Å²) in [7, 11) is 0. The molecular weight excluding hydrogens is 234 g/mol. The van der Waals surface area contributed by atoms with E-state index < -0.39 is 11.9 Å². The maximum absolute atomic E-state index is 12.2. The summed E-state index contributed by atoms with van der Waals surface area (Å²) in [6.07, 6.45) is 0.513. The number of carbonyl (C=O) groups is 3. The fourth-order valence-electron chi connectivity index (χ4n) is 2.04. The quantitative estimate of drug-likeness (QED) is 0.649. The molecule has 6 heteroatoms. The van der Waals surface area contributed by atoms with Crippen LogP contribution < -0.4 is 10.6 Å². The van der Waals surface area contributed by atoms with Crippen molar-refractivity contribution < 1.29 is 14.4 Å². The fraction of sp³-hybridized carbons (Fsp3) is 0.750. The zero-order valence-electron chi connectivity index (χ0n) is 11.2. The van der Waals surface area contributed by atoms with Crippen molar-refractivity contribution in [3.05, 3.63) is 0 Å². The predicted molar refractivity (Wildman–Crippen MR) is 66.6 cm³/mol. The summed E-state index contributed by atoms with van der Waals surface area (Å²) in [5, 5.41) is 5.35. The third-order valence-corrected chi connectivity index (χ3v) is 3.05. The van der Waals surface area contributed by atoms with Crippen molar-refractivity contribution in [3.63, 3.8) is 0 Å². The molecule has 1 saturated heterocycles. The molecule has 18 heavy (non-hydrogen) atoms. The van der Waals surface area contributed by atoms with Gasteiger partial charge in [-0.05, 0) is 13.0 Å². The molecule has 1 fully saturated rings. The van der Waals surface area contributed by atoms with Gasteiger partial charge in [-0.2, -0.15) is 0 Å². The van der Waals surface area contributed by atoms with Crippen molar-refractivity contribution in [2.24, 2.45) is 5.92 Å². The highest BCUT2D eigenvalue weighted by Gasteiger charge is 2.36. The lowest BCUT2D eigenvalue weighted by atomic mass is 10.0. The molecule has 6 nitrogen and oxygen atoms in total. The first-order valence-electron chi connectivity index (χ1n) is 6.36. The van der Waals surface area contributed by atoms with E-state index in [4.69, 9.17) is 0 Å². The Morgan fingerprint density at radius 2 is 2.17 bits per heavy atom. The number of nitrogens with zero attached hydrogens (tertiary/aromatic N) is 1. The fourth-order valence-corrected chi connectivity index (χ4v) is 2.04. The van der Waals surface area contributed by atoms with E-state index in [2.05, 4.69) is 10.6 Å². The normalized spacial score (nSPS) is 21.7. The molecule has 1 heterocycles. The van der Waals surface area contributed by atoms with E-state index in [1.807, 2.05) is 13.8 Å². The summed E-state index contributed by atoms with van der Waals surface area (Å²) in [6, 6.07) is -0.528. The van der Waals surface area contributed by atoms with Gasteiger partial charge in [0.2, 0.25) is 17.7 Å². The Labute approximate surface area is 107 Å². The van der Waals surface area contributed by atoms with Crippen LogP contribution in [-0.4, -0.2) is 48.3 Å². The highest BCUT2D eigenvalue weighted by Crippen LogP contribution is 2.13. The summed E-state index contributed by atoms with van der Waals surface area (Å²) in [5.74, 6) is -1.17. The van der Waals surface area contributed by atoms with Crippen molar-refractivity contribution in [1.82, 2.24) is 15.5 Å². The summed E-state index contributed by atoms with van der Waals surface area (Å²) >= 11 is 0. The summed E-state index contributed by atoms with van der Waals surface area (Å²) in [5.41, 5.74) is 0. The Morgan fingerprint density at radius 3 is 2.72 bits per heavy atom. The lowest BCUT2D eigenvalue weighted by molar-refractivity contribution is -0.152. The minimum absolute atomic E-state index is 0.0282. The number of rotatable bonds is 5. The Bertz CT molecular complexity index is 343. The van der Waals surface area contributed by atoms with Crippen LogP contribution in [-0.2, 0) is 14.4 Å². The number of amides is 3. The van der Waals surface area contributed by atoms with Gasteiger partial charge >= 0.3 is 0 Å². The number of piperazine rings is 1. The van der Waals surface area contributed by atoms with Crippen LogP contribution in [0.3, 0.4) is 0 Å². The molecule has 2 atom stereocenters. The van der Waals surface area contributed by atoms with Crippen molar-refractivity contribution in [2.75, 3.05) is 19.6 Å². The maximum Gasteiger partial charge on any atom is 0.249 e. The Balaban J connectivity index is 2.74. The van der Waals surface area contributed by atoms with Crippen molar-refractivity contribution in [2.45, 2.75) is 33.2 Å². The third kappa shape index (κ3) is 3.29. The van der Waals surface area contributed by atoms with Gasteiger partial charge in [-0.25, -0.2) is 0 Å². The van der Waals surface area contributed by atoms with Crippen molar-refractivity contribution in [3.8, 4) is 0 Å². The lowest BCUT2D eigenvalue weighted by Crippen LogP contribution is -2.60. The van der Waals surface area contributed by atoms with E-state index in [0.717, 1.165) is 6.54 Å². The molecule has 0 aromatic rings. The van der Waals surface area contributed by atoms with E-state index in [-0.39, 0.29) is 24.3 Å². The lowest BCUT2D eigenvalue weighted by Gasteiger charge is -2.35. The molecular formula is C12H21N3O3. The molecule has 1 aliphatic rings. The van der Waals surface area contributed by atoms with Crippen LogP contribution in [0.25, 0.3) is 0 Å².